The molecule has 1 aromatic rings. The van der Waals surface area contributed by atoms with Gasteiger partial charge in [0.25, 0.3) is 0 Å². The molecule has 2 aliphatic heterocycles. The van der Waals surface area contributed by atoms with E-state index in [9.17, 15) is 0 Å². The van der Waals surface area contributed by atoms with Crippen LogP contribution in [0.5, 0.6) is 11.5 Å². The van der Waals surface area contributed by atoms with Crippen molar-refractivity contribution in [3.05, 3.63) is 23.8 Å². The first-order valence-electron chi connectivity index (χ1n) is 9.56. The lowest BCUT2D eigenvalue weighted by molar-refractivity contribution is 0.174. The van der Waals surface area contributed by atoms with E-state index in [0.717, 1.165) is 55.7 Å². The van der Waals surface area contributed by atoms with E-state index in [4.69, 9.17) is 14.5 Å². The molecule has 0 unspecified atom stereocenters. The Bertz CT molecular complexity index is 608. The fourth-order valence-electron chi connectivity index (χ4n) is 3.21. The summed E-state index contributed by atoms with van der Waals surface area (Å²) in [5.74, 6) is 2.48. The minimum Gasteiger partial charge on any atom is -0.454 e. The Morgan fingerprint density at radius 2 is 2.00 bits per heavy atom. The fourth-order valence-corrected chi connectivity index (χ4v) is 3.21. The summed E-state index contributed by atoms with van der Waals surface area (Å²) in [5, 5.41) is 6.77. The molecule has 7 heteroatoms. The van der Waals surface area contributed by atoms with Crippen molar-refractivity contribution in [2.45, 2.75) is 19.9 Å². The lowest BCUT2D eigenvalue weighted by atomic mass is 10.2. The fraction of sp³-hybridized carbons (Fsp3) is 0.632. The van der Waals surface area contributed by atoms with Crippen LogP contribution in [0.15, 0.2) is 23.2 Å². The number of nitrogens with one attached hydrogen (secondary N) is 2. The van der Waals surface area contributed by atoms with E-state index in [-0.39, 0.29) is 0 Å². The highest BCUT2D eigenvalue weighted by Gasteiger charge is 2.13. The zero-order valence-electron chi connectivity index (χ0n) is 16.0. The van der Waals surface area contributed by atoms with E-state index in [2.05, 4.69) is 34.4 Å². The second kappa shape index (κ2) is 9.64. The molecule has 0 aliphatic carbocycles. The van der Waals surface area contributed by atoms with Crippen molar-refractivity contribution in [1.29, 1.82) is 0 Å². The Labute approximate surface area is 156 Å². The van der Waals surface area contributed by atoms with E-state index >= 15 is 0 Å². The van der Waals surface area contributed by atoms with Gasteiger partial charge in [-0.05, 0) is 51.2 Å². The van der Waals surface area contributed by atoms with Crippen molar-refractivity contribution < 1.29 is 9.47 Å². The molecule has 0 bridgehead atoms. The van der Waals surface area contributed by atoms with Gasteiger partial charge in [-0.3, -0.25) is 0 Å². The van der Waals surface area contributed by atoms with Crippen LogP contribution in [0.1, 0.15) is 18.9 Å². The number of benzene rings is 1. The molecular formula is C19H31N5O2. The molecule has 1 fully saturated rings. The van der Waals surface area contributed by atoms with Crippen LogP contribution in [-0.4, -0.2) is 75.4 Å². The molecule has 0 aromatic heterocycles. The molecule has 2 heterocycles. The quantitative estimate of drug-likeness (QED) is 0.585. The molecular weight excluding hydrogens is 330 g/mol. The van der Waals surface area contributed by atoms with Crippen LogP contribution in [0, 0.1) is 0 Å². The number of likely N-dealkylation sites (N-methyl/N-ethyl adjacent to an activating group) is 1. The highest BCUT2D eigenvalue weighted by Crippen LogP contribution is 2.32. The topological polar surface area (TPSA) is 61.4 Å². The van der Waals surface area contributed by atoms with Crippen molar-refractivity contribution in [3.63, 3.8) is 0 Å². The van der Waals surface area contributed by atoms with E-state index in [0.29, 0.717) is 13.3 Å². The summed E-state index contributed by atoms with van der Waals surface area (Å²) in [7, 11) is 2.20. The van der Waals surface area contributed by atoms with Crippen molar-refractivity contribution in [1.82, 2.24) is 20.4 Å². The van der Waals surface area contributed by atoms with Crippen LogP contribution >= 0.6 is 0 Å². The highest BCUT2D eigenvalue weighted by molar-refractivity contribution is 5.79. The highest BCUT2D eigenvalue weighted by atomic mass is 16.7. The average molecular weight is 361 g/mol. The average Bonchev–Trinajstić information content (AvgIpc) is 3.01. The van der Waals surface area contributed by atoms with Gasteiger partial charge in [0, 0.05) is 32.7 Å². The largest absolute Gasteiger partial charge is 0.454 e. The number of guanidine groups is 1. The zero-order chi connectivity index (χ0) is 18.2. The van der Waals surface area contributed by atoms with Gasteiger partial charge in [-0.2, -0.15) is 0 Å². The van der Waals surface area contributed by atoms with Gasteiger partial charge < -0.3 is 29.9 Å². The summed E-state index contributed by atoms with van der Waals surface area (Å²) in [4.78, 5) is 9.63. The van der Waals surface area contributed by atoms with Gasteiger partial charge in [0.05, 0.1) is 6.54 Å². The number of hydrogen-bond acceptors (Lipinski definition) is 5. The van der Waals surface area contributed by atoms with Gasteiger partial charge in [0.1, 0.15) is 0 Å². The first kappa shape index (κ1) is 18.8. The molecule has 0 atom stereocenters. The normalized spacial score (nSPS) is 18.6. The molecule has 7 nitrogen and oxygen atoms in total. The summed E-state index contributed by atoms with van der Waals surface area (Å²) >= 11 is 0. The van der Waals surface area contributed by atoms with E-state index < -0.39 is 0 Å². The Kier molecular flexibility index (Phi) is 6.96. The van der Waals surface area contributed by atoms with Crippen LogP contribution in [0.3, 0.4) is 0 Å². The van der Waals surface area contributed by atoms with Gasteiger partial charge >= 0.3 is 0 Å². The van der Waals surface area contributed by atoms with E-state index in [1.807, 2.05) is 18.2 Å². The monoisotopic (exact) mass is 361 g/mol. The summed E-state index contributed by atoms with van der Waals surface area (Å²) in [5.41, 5.74) is 1.11. The SMILES string of the molecule is CCNC(=NCc1ccc2c(c1)OCO2)NCCN1CCCN(C)CC1. The first-order valence-corrected chi connectivity index (χ1v) is 9.56. The van der Waals surface area contributed by atoms with Crippen molar-refractivity contribution in [3.8, 4) is 11.5 Å². The molecule has 0 spiro atoms. The molecule has 2 aliphatic rings. The third-order valence-electron chi connectivity index (χ3n) is 4.73. The molecule has 144 valence electrons. The van der Waals surface area contributed by atoms with Crippen molar-refractivity contribution in [2.24, 2.45) is 4.99 Å². The van der Waals surface area contributed by atoms with Crippen molar-refractivity contribution >= 4 is 5.96 Å². The maximum absolute atomic E-state index is 5.43. The molecule has 0 radical (unpaired) electrons. The lowest BCUT2D eigenvalue weighted by Crippen LogP contribution is -2.42. The zero-order valence-corrected chi connectivity index (χ0v) is 16.0. The molecule has 1 aromatic carbocycles. The standard InChI is InChI=1S/C19H31N5O2/c1-3-20-19(21-7-10-24-9-4-8-23(2)11-12-24)22-14-16-5-6-17-18(13-16)26-15-25-17/h5-6,13H,3-4,7-12,14-15H2,1-2H3,(H2,20,21,22). The van der Waals surface area contributed by atoms with Gasteiger partial charge in [-0.1, -0.05) is 6.07 Å². The van der Waals surface area contributed by atoms with Crippen LogP contribution in [0.2, 0.25) is 0 Å². The smallest absolute Gasteiger partial charge is 0.231 e. The number of fused-ring (bicyclic) bond motifs is 1. The maximum Gasteiger partial charge on any atom is 0.231 e. The summed E-state index contributed by atoms with van der Waals surface area (Å²) in [6.45, 7) is 10.5. The number of hydrogen-bond donors (Lipinski definition) is 2. The predicted octanol–water partition coefficient (Wildman–Crippen LogP) is 1.11. The van der Waals surface area contributed by atoms with Gasteiger partial charge in [-0.15, -0.1) is 0 Å². The summed E-state index contributed by atoms with van der Waals surface area (Å²) < 4.78 is 10.8. The number of nitrogens with zero attached hydrogens (tertiary/aromatic N) is 3. The molecule has 26 heavy (non-hydrogen) atoms. The third kappa shape index (κ3) is 5.51. The third-order valence-corrected chi connectivity index (χ3v) is 4.73. The minimum absolute atomic E-state index is 0.304. The minimum atomic E-state index is 0.304. The molecule has 3 rings (SSSR count). The predicted molar refractivity (Wildman–Crippen MR) is 104 cm³/mol. The van der Waals surface area contributed by atoms with Crippen LogP contribution in [-0.2, 0) is 6.54 Å². The lowest BCUT2D eigenvalue weighted by Gasteiger charge is -2.21. The van der Waals surface area contributed by atoms with E-state index in [1.165, 1.54) is 19.5 Å². The first-order chi connectivity index (χ1) is 12.7. The van der Waals surface area contributed by atoms with Gasteiger partial charge in [-0.25, -0.2) is 4.99 Å². The second-order valence-corrected chi connectivity index (χ2v) is 6.81. The van der Waals surface area contributed by atoms with Gasteiger partial charge in [0.2, 0.25) is 6.79 Å². The number of rotatable bonds is 6. The van der Waals surface area contributed by atoms with Crippen molar-refractivity contribution in [2.75, 3.05) is 59.7 Å². The Morgan fingerprint density at radius 3 is 2.88 bits per heavy atom. The maximum atomic E-state index is 5.43. The molecule has 1 saturated heterocycles. The van der Waals surface area contributed by atoms with Crippen LogP contribution in [0.4, 0.5) is 0 Å². The molecule has 0 amide bonds. The summed E-state index contributed by atoms with van der Waals surface area (Å²) in [6.07, 6.45) is 1.24. The second-order valence-electron chi connectivity index (χ2n) is 6.81. The molecule has 0 saturated carbocycles. The Balaban J connectivity index is 1.47. The Morgan fingerprint density at radius 1 is 1.12 bits per heavy atom. The van der Waals surface area contributed by atoms with Crippen LogP contribution in [0.25, 0.3) is 0 Å². The Hall–Kier alpha value is -1.99. The number of ether oxygens (including phenoxy) is 2. The molecule has 2 N–H and O–H groups in total. The van der Waals surface area contributed by atoms with Crippen LogP contribution < -0.4 is 20.1 Å². The number of aliphatic imine (C=N–C) groups is 1. The van der Waals surface area contributed by atoms with E-state index in [1.54, 1.807) is 0 Å². The summed E-state index contributed by atoms with van der Waals surface area (Å²) in [6, 6.07) is 5.99. The van der Waals surface area contributed by atoms with Gasteiger partial charge in [0.15, 0.2) is 17.5 Å².